The van der Waals surface area contributed by atoms with Crippen molar-refractivity contribution in [2.75, 3.05) is 32.8 Å². The fourth-order valence-electron chi connectivity index (χ4n) is 6.31. The summed E-state index contributed by atoms with van der Waals surface area (Å²) in [5.74, 6) is -6.73. The van der Waals surface area contributed by atoms with Gasteiger partial charge in [0.2, 0.25) is 47.3 Å². The van der Waals surface area contributed by atoms with Crippen LogP contribution in [0.15, 0.2) is 55.4 Å². The third kappa shape index (κ3) is 14.9. The van der Waals surface area contributed by atoms with E-state index in [2.05, 4.69) is 57.2 Å². The molecule has 1 aliphatic rings. The number of amides is 9. The number of H-pyrrole nitrogens is 2. The number of carbonyl (C=O) groups is 9. The average molecular weight is 896 g/mol. The van der Waals surface area contributed by atoms with Crippen molar-refractivity contribution in [2.45, 2.75) is 81.9 Å². The first-order valence-corrected chi connectivity index (χ1v) is 20.0. The highest BCUT2D eigenvalue weighted by atomic mass is 16.5. The van der Waals surface area contributed by atoms with Crippen LogP contribution < -0.4 is 43.0 Å². The summed E-state index contributed by atoms with van der Waals surface area (Å²) in [6.07, 6.45) is 5.24. The fraction of sp³-hybridized carbons (Fsp3) is 0.462. The molecule has 1 saturated heterocycles. The highest BCUT2D eigenvalue weighted by Crippen LogP contribution is 2.21. The standard InChI is InChI=1S/C39H53N13O12/c1-39(2,37(62)49-28(18-54)34(59)44-16-31(56)48-27(17-53)32(40)57)51-35(60)29-9-6-10-52(29)36(61)26(12-24-14-42-21-46-24)47-30(55)15-43-33(58)25(11-23-13-41-20-45-23)50-38(63)64-19-22-7-4-3-5-8-22/h3-5,7-8,13-14,20-21,25-29,53-54H,6,9-12,15-19H2,1-2H3,(H2,40,57)(H,41,45)(H,42,46)(H,43,58)(H,44,59)(H,47,55)(H,48,56)(H,49,62)(H,50,63)(H,51,60)/t25-,26-,27-,28-,29+/m0/s1. The Balaban J connectivity index is 1.36. The van der Waals surface area contributed by atoms with Crippen LogP contribution in [0.2, 0.25) is 0 Å². The van der Waals surface area contributed by atoms with Gasteiger partial charge in [-0.15, -0.1) is 0 Å². The lowest BCUT2D eigenvalue weighted by molar-refractivity contribution is -0.143. The molecule has 0 unspecified atom stereocenters. The SMILES string of the molecule is CC(C)(NC(=O)[C@H]1CCCN1C(=O)[C@H](Cc1cnc[nH]1)NC(=O)CNC(=O)[C@H](Cc1cnc[nH]1)NC(=O)OCc1ccccc1)C(=O)N[C@@H](CO)C(=O)NCC(=O)N[C@@H](CO)C(N)=O. The third-order valence-corrected chi connectivity index (χ3v) is 9.77. The van der Waals surface area contributed by atoms with Gasteiger partial charge in [-0.05, 0) is 32.3 Å². The number of ether oxygens (including phenoxy) is 1. The van der Waals surface area contributed by atoms with E-state index in [-0.39, 0.29) is 32.4 Å². The van der Waals surface area contributed by atoms with Crippen molar-refractivity contribution in [3.63, 3.8) is 0 Å². The second kappa shape index (κ2) is 23.7. The van der Waals surface area contributed by atoms with Crippen LogP contribution in [0.25, 0.3) is 0 Å². The molecule has 5 atom stereocenters. The Bertz CT molecular complexity index is 2080. The molecule has 1 fully saturated rings. The fourth-order valence-corrected chi connectivity index (χ4v) is 6.31. The molecule has 1 aromatic carbocycles. The lowest BCUT2D eigenvalue weighted by atomic mass is 10.0. The number of aliphatic hydroxyl groups excluding tert-OH is 2. The van der Waals surface area contributed by atoms with Crippen molar-refractivity contribution in [3.05, 3.63) is 72.3 Å². The van der Waals surface area contributed by atoms with E-state index in [1.165, 1.54) is 43.8 Å². The largest absolute Gasteiger partial charge is 0.445 e. The Morgan fingerprint density at radius 2 is 1.36 bits per heavy atom. The molecule has 3 aromatic rings. The van der Waals surface area contributed by atoms with E-state index in [1.807, 2.05) is 6.07 Å². The van der Waals surface area contributed by atoms with Crippen molar-refractivity contribution >= 4 is 53.4 Å². The number of carbonyl (C=O) groups excluding carboxylic acids is 9. The zero-order valence-corrected chi connectivity index (χ0v) is 35.0. The number of alkyl carbamates (subject to hydrolysis) is 1. The molecule has 1 aliphatic heterocycles. The van der Waals surface area contributed by atoms with Gasteiger partial charge in [0.05, 0.1) is 39.0 Å². The zero-order valence-electron chi connectivity index (χ0n) is 35.0. The van der Waals surface area contributed by atoms with Crippen LogP contribution in [0.5, 0.6) is 0 Å². The first-order chi connectivity index (χ1) is 30.5. The van der Waals surface area contributed by atoms with Gasteiger partial charge in [-0.25, -0.2) is 14.8 Å². The number of likely N-dealkylation sites (tertiary alicyclic amines) is 1. The Morgan fingerprint density at radius 3 is 1.91 bits per heavy atom. The number of hydrogen-bond donors (Lipinski definition) is 12. The van der Waals surface area contributed by atoms with Gasteiger partial charge in [0.25, 0.3) is 0 Å². The molecule has 0 aliphatic carbocycles. The maximum Gasteiger partial charge on any atom is 0.408 e. The van der Waals surface area contributed by atoms with E-state index in [4.69, 9.17) is 15.6 Å². The summed E-state index contributed by atoms with van der Waals surface area (Å²) >= 11 is 0. The smallest absolute Gasteiger partial charge is 0.408 e. The predicted molar refractivity (Wildman–Crippen MR) is 220 cm³/mol. The Morgan fingerprint density at radius 1 is 0.797 bits per heavy atom. The van der Waals surface area contributed by atoms with Gasteiger partial charge in [-0.3, -0.25) is 38.4 Å². The second-order valence-corrected chi connectivity index (χ2v) is 15.1. The molecule has 0 saturated carbocycles. The molecule has 0 spiro atoms. The van der Waals surface area contributed by atoms with Gasteiger partial charge < -0.3 is 72.8 Å². The summed E-state index contributed by atoms with van der Waals surface area (Å²) in [7, 11) is 0. The van der Waals surface area contributed by atoms with E-state index in [1.54, 1.807) is 24.3 Å². The highest BCUT2D eigenvalue weighted by Gasteiger charge is 2.41. The van der Waals surface area contributed by atoms with Crippen LogP contribution in [0.3, 0.4) is 0 Å². The van der Waals surface area contributed by atoms with Crippen LogP contribution in [0, 0.1) is 0 Å². The van der Waals surface area contributed by atoms with Crippen LogP contribution in [0.1, 0.15) is 43.6 Å². The van der Waals surface area contributed by atoms with Crippen molar-refractivity contribution < 1.29 is 58.1 Å². The summed E-state index contributed by atoms with van der Waals surface area (Å²) in [5.41, 5.74) is 5.02. The van der Waals surface area contributed by atoms with Gasteiger partial charge in [-0.1, -0.05) is 30.3 Å². The Labute approximate surface area is 365 Å². The molecule has 9 amide bonds. The number of hydrogen-bond acceptors (Lipinski definition) is 14. The Hall–Kier alpha value is -7.41. The molecular formula is C39H53N13O12. The number of aromatic nitrogens is 4. The molecule has 25 nitrogen and oxygen atoms in total. The van der Waals surface area contributed by atoms with Crippen molar-refractivity contribution in [2.24, 2.45) is 5.73 Å². The minimum Gasteiger partial charge on any atom is -0.445 e. The summed E-state index contributed by atoms with van der Waals surface area (Å²) in [4.78, 5) is 131. The zero-order chi connectivity index (χ0) is 46.8. The Kier molecular flexibility index (Phi) is 18.2. The number of rotatable bonds is 23. The van der Waals surface area contributed by atoms with E-state index < -0.39 is 115 Å². The van der Waals surface area contributed by atoms with E-state index >= 15 is 0 Å². The molecular weight excluding hydrogens is 843 g/mol. The van der Waals surface area contributed by atoms with Crippen LogP contribution in [-0.4, -0.2) is 157 Å². The summed E-state index contributed by atoms with van der Waals surface area (Å²) in [6, 6.07) is 2.33. The number of aliphatic hydroxyl groups is 2. The van der Waals surface area contributed by atoms with E-state index in [0.717, 1.165) is 5.56 Å². The van der Waals surface area contributed by atoms with Crippen molar-refractivity contribution in [3.8, 4) is 0 Å². The molecule has 25 heteroatoms. The van der Waals surface area contributed by atoms with Gasteiger partial charge in [0.15, 0.2) is 0 Å². The number of nitrogens with zero attached hydrogens (tertiary/aromatic N) is 3. The van der Waals surface area contributed by atoms with Gasteiger partial charge in [-0.2, -0.15) is 0 Å². The molecule has 4 rings (SSSR count). The first-order valence-electron chi connectivity index (χ1n) is 20.0. The normalized spacial score (nSPS) is 15.3. The number of benzene rings is 1. The third-order valence-electron chi connectivity index (χ3n) is 9.77. The minimum atomic E-state index is -1.72. The summed E-state index contributed by atoms with van der Waals surface area (Å²) in [6.45, 7) is -0.319. The highest BCUT2D eigenvalue weighted by molar-refractivity contribution is 5.98. The molecule has 64 heavy (non-hydrogen) atoms. The van der Waals surface area contributed by atoms with Crippen LogP contribution in [-0.2, 0) is 62.5 Å². The van der Waals surface area contributed by atoms with Crippen LogP contribution >= 0.6 is 0 Å². The predicted octanol–water partition coefficient (Wildman–Crippen LogP) is -4.74. The number of nitrogens with one attached hydrogen (secondary N) is 9. The minimum absolute atomic E-state index is 0.0308. The lowest BCUT2D eigenvalue weighted by Crippen LogP contribution is -2.62. The van der Waals surface area contributed by atoms with E-state index in [0.29, 0.717) is 17.8 Å². The average Bonchev–Trinajstić information content (AvgIpc) is 4.09. The van der Waals surface area contributed by atoms with Gasteiger partial charge in [0.1, 0.15) is 42.4 Å². The number of imidazole rings is 2. The number of nitrogens with two attached hydrogens (primary N) is 1. The maximum atomic E-state index is 14.1. The molecule has 346 valence electrons. The monoisotopic (exact) mass is 895 g/mol. The van der Waals surface area contributed by atoms with Crippen molar-refractivity contribution in [1.82, 2.24) is 62.1 Å². The first kappa shape index (κ1) is 49.2. The molecule has 0 bridgehead atoms. The number of aromatic amines is 2. The molecule has 0 radical (unpaired) electrons. The second-order valence-electron chi connectivity index (χ2n) is 15.1. The molecule has 3 heterocycles. The van der Waals surface area contributed by atoms with Gasteiger partial charge >= 0.3 is 6.09 Å². The van der Waals surface area contributed by atoms with Crippen LogP contribution in [0.4, 0.5) is 4.79 Å². The topological polar surface area (TPSA) is 374 Å². The van der Waals surface area contributed by atoms with E-state index in [9.17, 15) is 48.3 Å². The molecule has 2 aromatic heterocycles. The molecule has 13 N–H and O–H groups in total. The summed E-state index contributed by atoms with van der Waals surface area (Å²) in [5, 5.41) is 35.7. The van der Waals surface area contributed by atoms with Crippen molar-refractivity contribution in [1.29, 1.82) is 0 Å². The van der Waals surface area contributed by atoms with Gasteiger partial charge in [0, 0.05) is 43.2 Å². The maximum absolute atomic E-state index is 14.1. The quantitative estimate of drug-likeness (QED) is 0.0426. The lowest BCUT2D eigenvalue weighted by Gasteiger charge is -2.32. The summed E-state index contributed by atoms with van der Waals surface area (Å²) < 4.78 is 5.27. The number of primary amides is 1.